The normalized spacial score (nSPS) is 11.3. The van der Waals surface area contributed by atoms with Crippen LogP contribution in [0.25, 0.3) is 11.3 Å². The highest BCUT2D eigenvalue weighted by Crippen LogP contribution is 2.27. The second kappa shape index (κ2) is 5.58. The standard InChI is InChI=1S/C13H11IN2O3S/c1-8(17)9-2-4-12(16-7-9)11-6-10(14)3-5-13(11)20(15,18)19/h2-7H,1H3,(H2,15,18,19). The summed E-state index contributed by atoms with van der Waals surface area (Å²) in [5.74, 6) is -0.0987. The number of hydrogen-bond acceptors (Lipinski definition) is 4. The summed E-state index contributed by atoms with van der Waals surface area (Å²) >= 11 is 2.08. The van der Waals surface area contributed by atoms with Gasteiger partial charge in [-0.15, -0.1) is 0 Å². The van der Waals surface area contributed by atoms with Crippen LogP contribution in [0.3, 0.4) is 0 Å². The van der Waals surface area contributed by atoms with Gasteiger partial charge in [0.2, 0.25) is 10.0 Å². The van der Waals surface area contributed by atoms with Gasteiger partial charge in [0.15, 0.2) is 5.78 Å². The lowest BCUT2D eigenvalue weighted by atomic mass is 10.1. The zero-order valence-electron chi connectivity index (χ0n) is 10.5. The highest BCUT2D eigenvalue weighted by molar-refractivity contribution is 14.1. The van der Waals surface area contributed by atoms with Crippen molar-refractivity contribution in [3.8, 4) is 11.3 Å². The second-order valence-electron chi connectivity index (χ2n) is 4.17. The molecule has 1 aromatic heterocycles. The Bertz CT molecular complexity index is 771. The van der Waals surface area contributed by atoms with Gasteiger partial charge in [0, 0.05) is 20.9 Å². The second-order valence-corrected chi connectivity index (χ2v) is 6.95. The maximum absolute atomic E-state index is 11.6. The van der Waals surface area contributed by atoms with E-state index in [2.05, 4.69) is 27.6 Å². The maximum Gasteiger partial charge on any atom is 0.238 e. The molecule has 0 fully saturated rings. The number of pyridine rings is 1. The van der Waals surface area contributed by atoms with Crippen LogP contribution in [0.2, 0.25) is 0 Å². The third-order valence-electron chi connectivity index (χ3n) is 2.69. The Morgan fingerprint density at radius 3 is 2.45 bits per heavy atom. The van der Waals surface area contributed by atoms with E-state index < -0.39 is 10.0 Å². The van der Waals surface area contributed by atoms with Crippen LogP contribution in [0.5, 0.6) is 0 Å². The first-order valence-corrected chi connectivity index (χ1v) is 8.21. The Labute approximate surface area is 130 Å². The zero-order valence-corrected chi connectivity index (χ0v) is 13.5. The molecule has 20 heavy (non-hydrogen) atoms. The van der Waals surface area contributed by atoms with E-state index in [0.717, 1.165) is 3.57 Å². The molecule has 0 aliphatic heterocycles. The first-order valence-electron chi connectivity index (χ1n) is 5.59. The number of carbonyl (C=O) groups excluding carboxylic acids is 1. The summed E-state index contributed by atoms with van der Waals surface area (Å²) in [4.78, 5) is 15.4. The molecule has 0 unspecified atom stereocenters. The summed E-state index contributed by atoms with van der Waals surface area (Å²) in [6.45, 7) is 1.44. The molecule has 0 spiro atoms. The summed E-state index contributed by atoms with van der Waals surface area (Å²) in [7, 11) is -3.84. The molecule has 5 nitrogen and oxygen atoms in total. The predicted molar refractivity (Wildman–Crippen MR) is 83.8 cm³/mol. The Morgan fingerprint density at radius 2 is 1.95 bits per heavy atom. The minimum Gasteiger partial charge on any atom is -0.294 e. The Morgan fingerprint density at radius 1 is 1.25 bits per heavy atom. The Hall–Kier alpha value is -1.32. The Balaban J connectivity index is 2.62. The minimum absolute atomic E-state index is 0.0148. The average molecular weight is 402 g/mol. The largest absolute Gasteiger partial charge is 0.294 e. The molecular formula is C13H11IN2O3S. The van der Waals surface area contributed by atoms with Crippen molar-refractivity contribution in [3.63, 3.8) is 0 Å². The number of nitrogens with zero attached hydrogens (tertiary/aromatic N) is 1. The Kier molecular flexibility index (Phi) is 4.21. The number of aromatic nitrogens is 1. The van der Waals surface area contributed by atoms with Crippen LogP contribution >= 0.6 is 22.6 Å². The number of ketones is 1. The maximum atomic E-state index is 11.6. The summed E-state index contributed by atoms with van der Waals surface area (Å²) in [6.07, 6.45) is 1.42. The van der Waals surface area contributed by atoms with E-state index in [1.807, 2.05) is 0 Å². The van der Waals surface area contributed by atoms with Crippen molar-refractivity contribution in [2.45, 2.75) is 11.8 Å². The SMILES string of the molecule is CC(=O)c1ccc(-c2cc(I)ccc2S(N)(=O)=O)nc1. The van der Waals surface area contributed by atoms with Crippen molar-refractivity contribution < 1.29 is 13.2 Å². The number of halogens is 1. The van der Waals surface area contributed by atoms with Crippen molar-refractivity contribution in [2.24, 2.45) is 5.14 Å². The molecule has 2 aromatic rings. The molecule has 1 aromatic carbocycles. The molecule has 0 saturated carbocycles. The highest BCUT2D eigenvalue weighted by Gasteiger charge is 2.16. The third-order valence-corrected chi connectivity index (χ3v) is 4.33. The van der Waals surface area contributed by atoms with Crippen LogP contribution in [0.15, 0.2) is 41.4 Å². The van der Waals surface area contributed by atoms with Crippen molar-refractivity contribution in [2.75, 3.05) is 0 Å². The third kappa shape index (κ3) is 3.22. The van der Waals surface area contributed by atoms with E-state index in [0.29, 0.717) is 16.8 Å². The lowest BCUT2D eigenvalue weighted by Crippen LogP contribution is -2.13. The molecule has 2 rings (SSSR count). The lowest BCUT2D eigenvalue weighted by molar-refractivity contribution is 0.101. The lowest BCUT2D eigenvalue weighted by Gasteiger charge is -2.08. The highest BCUT2D eigenvalue weighted by atomic mass is 127. The molecule has 0 saturated heterocycles. The fourth-order valence-electron chi connectivity index (χ4n) is 1.71. The fourth-order valence-corrected chi connectivity index (χ4v) is 2.93. The predicted octanol–water partition coefficient (Wildman–Crippen LogP) is 2.20. The van der Waals surface area contributed by atoms with E-state index in [1.165, 1.54) is 19.2 Å². The molecule has 0 amide bonds. The van der Waals surface area contributed by atoms with Crippen molar-refractivity contribution >= 4 is 38.4 Å². The van der Waals surface area contributed by atoms with E-state index >= 15 is 0 Å². The van der Waals surface area contributed by atoms with Crippen molar-refractivity contribution in [1.82, 2.24) is 4.98 Å². The summed E-state index contributed by atoms with van der Waals surface area (Å²) in [5.41, 5.74) is 1.35. The molecule has 0 aliphatic carbocycles. The topological polar surface area (TPSA) is 90.1 Å². The van der Waals surface area contributed by atoms with Crippen LogP contribution in [-0.2, 0) is 10.0 Å². The van der Waals surface area contributed by atoms with Gasteiger partial charge in [-0.25, -0.2) is 13.6 Å². The van der Waals surface area contributed by atoms with Gasteiger partial charge in [-0.05, 0) is 59.8 Å². The molecular weight excluding hydrogens is 391 g/mol. The molecule has 104 valence electrons. The monoisotopic (exact) mass is 402 g/mol. The first-order chi connectivity index (χ1) is 9.29. The van der Waals surface area contributed by atoms with E-state index in [4.69, 9.17) is 5.14 Å². The zero-order chi connectivity index (χ0) is 14.9. The van der Waals surface area contributed by atoms with Gasteiger partial charge in [0.25, 0.3) is 0 Å². The summed E-state index contributed by atoms with van der Waals surface area (Å²) in [6, 6.07) is 8.02. The molecule has 0 radical (unpaired) electrons. The minimum atomic E-state index is -3.84. The van der Waals surface area contributed by atoms with Crippen molar-refractivity contribution in [3.05, 3.63) is 45.7 Å². The molecule has 0 aliphatic rings. The molecule has 7 heteroatoms. The number of Topliss-reactive ketones (excluding diaryl/α,β-unsaturated/α-hetero) is 1. The number of rotatable bonds is 3. The number of benzene rings is 1. The average Bonchev–Trinajstić information content (AvgIpc) is 2.37. The quantitative estimate of drug-likeness (QED) is 0.630. The molecule has 2 N–H and O–H groups in total. The van der Waals surface area contributed by atoms with Gasteiger partial charge in [0.1, 0.15) is 0 Å². The van der Waals surface area contributed by atoms with E-state index in [-0.39, 0.29) is 10.7 Å². The molecule has 1 heterocycles. The van der Waals surface area contributed by atoms with Crippen molar-refractivity contribution in [1.29, 1.82) is 0 Å². The van der Waals surface area contributed by atoms with Crippen LogP contribution in [0.4, 0.5) is 0 Å². The molecule has 0 atom stereocenters. The van der Waals surface area contributed by atoms with Crippen LogP contribution in [-0.4, -0.2) is 19.2 Å². The van der Waals surface area contributed by atoms with Crippen LogP contribution in [0.1, 0.15) is 17.3 Å². The summed E-state index contributed by atoms with van der Waals surface area (Å²) in [5, 5.41) is 5.21. The van der Waals surface area contributed by atoms with Gasteiger partial charge in [0.05, 0.1) is 10.6 Å². The number of sulfonamides is 1. The number of hydrogen-bond donors (Lipinski definition) is 1. The number of carbonyl (C=O) groups is 1. The van der Waals surface area contributed by atoms with Gasteiger partial charge < -0.3 is 0 Å². The summed E-state index contributed by atoms with van der Waals surface area (Å²) < 4.78 is 24.1. The first kappa shape index (κ1) is 15.1. The van der Waals surface area contributed by atoms with E-state index in [1.54, 1.807) is 24.3 Å². The van der Waals surface area contributed by atoms with Crippen LogP contribution < -0.4 is 5.14 Å². The smallest absolute Gasteiger partial charge is 0.238 e. The number of primary sulfonamides is 1. The molecule has 0 bridgehead atoms. The van der Waals surface area contributed by atoms with Gasteiger partial charge >= 0.3 is 0 Å². The number of nitrogens with two attached hydrogens (primary N) is 1. The van der Waals surface area contributed by atoms with Gasteiger partial charge in [-0.3, -0.25) is 9.78 Å². The van der Waals surface area contributed by atoms with Gasteiger partial charge in [-0.1, -0.05) is 0 Å². The van der Waals surface area contributed by atoms with E-state index in [9.17, 15) is 13.2 Å². The van der Waals surface area contributed by atoms with Gasteiger partial charge in [-0.2, -0.15) is 0 Å². The van der Waals surface area contributed by atoms with Crippen LogP contribution in [0, 0.1) is 3.57 Å². The fraction of sp³-hybridized carbons (Fsp3) is 0.0769.